The summed E-state index contributed by atoms with van der Waals surface area (Å²) in [6.07, 6.45) is -1.30. The number of ether oxygens (including phenoxy) is 1. The van der Waals surface area contributed by atoms with Gasteiger partial charge in [0, 0.05) is 12.3 Å². The first-order valence-corrected chi connectivity index (χ1v) is 6.49. The number of nitrogens with zero attached hydrogens (tertiary/aromatic N) is 1. The number of hydrogen-bond acceptors (Lipinski definition) is 5. The van der Waals surface area contributed by atoms with E-state index in [0.29, 0.717) is 5.56 Å². The Labute approximate surface area is 123 Å². The molecule has 112 valence electrons. The van der Waals surface area contributed by atoms with Gasteiger partial charge in [-0.3, -0.25) is 4.79 Å². The van der Waals surface area contributed by atoms with Crippen LogP contribution in [-0.4, -0.2) is 30.1 Å². The number of methoxy groups -OCH3 is 1. The van der Waals surface area contributed by atoms with E-state index >= 15 is 0 Å². The van der Waals surface area contributed by atoms with E-state index in [9.17, 15) is 14.7 Å². The van der Waals surface area contributed by atoms with Crippen LogP contribution in [0.2, 0.25) is 0 Å². The number of rotatable bonds is 6. The fraction of sp³-hybridized carbons (Fsp3) is 0.400. The van der Waals surface area contributed by atoms with Crippen LogP contribution in [0.3, 0.4) is 0 Å². The number of nitriles is 1. The third-order valence-corrected chi connectivity index (χ3v) is 3.10. The fourth-order valence-electron chi connectivity index (χ4n) is 1.84. The molecular formula is C15H18N2O4. The molecule has 21 heavy (non-hydrogen) atoms. The number of amides is 1. The molecule has 0 unspecified atom stereocenters. The lowest BCUT2D eigenvalue weighted by molar-refractivity contribution is -0.147. The molecule has 3 atom stereocenters. The zero-order chi connectivity index (χ0) is 15.8. The molecule has 0 radical (unpaired) electrons. The largest absolute Gasteiger partial charge is 0.467 e. The van der Waals surface area contributed by atoms with Gasteiger partial charge in [0.05, 0.1) is 13.2 Å². The van der Waals surface area contributed by atoms with Crippen molar-refractivity contribution in [2.24, 2.45) is 5.92 Å². The van der Waals surface area contributed by atoms with Crippen molar-refractivity contribution in [1.82, 2.24) is 5.32 Å². The van der Waals surface area contributed by atoms with Crippen molar-refractivity contribution >= 4 is 11.9 Å². The van der Waals surface area contributed by atoms with E-state index in [4.69, 9.17) is 5.26 Å². The van der Waals surface area contributed by atoms with Crippen LogP contribution < -0.4 is 5.32 Å². The van der Waals surface area contributed by atoms with Crippen LogP contribution in [0.1, 0.15) is 25.0 Å². The third kappa shape index (κ3) is 4.58. The van der Waals surface area contributed by atoms with Crippen molar-refractivity contribution in [3.63, 3.8) is 0 Å². The van der Waals surface area contributed by atoms with Crippen LogP contribution in [0.4, 0.5) is 0 Å². The monoisotopic (exact) mass is 290 g/mol. The summed E-state index contributed by atoms with van der Waals surface area (Å²) in [7, 11) is 1.20. The van der Waals surface area contributed by atoms with E-state index in [-0.39, 0.29) is 6.42 Å². The molecule has 0 saturated heterocycles. The first-order chi connectivity index (χ1) is 10.0. The quantitative estimate of drug-likeness (QED) is 0.759. The Morgan fingerprint density at radius 3 is 2.52 bits per heavy atom. The zero-order valence-corrected chi connectivity index (χ0v) is 11.9. The van der Waals surface area contributed by atoms with E-state index in [2.05, 4.69) is 10.1 Å². The molecule has 2 N–H and O–H groups in total. The van der Waals surface area contributed by atoms with E-state index in [1.807, 2.05) is 6.07 Å². The Bertz CT molecular complexity index is 524. The van der Waals surface area contributed by atoms with Gasteiger partial charge in [0.25, 0.3) is 5.91 Å². The maximum absolute atomic E-state index is 12.0. The van der Waals surface area contributed by atoms with Crippen molar-refractivity contribution in [3.8, 4) is 6.07 Å². The van der Waals surface area contributed by atoms with E-state index in [1.54, 1.807) is 37.3 Å². The summed E-state index contributed by atoms with van der Waals surface area (Å²) < 4.78 is 4.62. The van der Waals surface area contributed by atoms with Crippen molar-refractivity contribution < 1.29 is 19.4 Å². The van der Waals surface area contributed by atoms with E-state index < -0.39 is 29.9 Å². The lowest BCUT2D eigenvalue weighted by Crippen LogP contribution is -2.47. The molecule has 1 aromatic carbocycles. The van der Waals surface area contributed by atoms with Gasteiger partial charge >= 0.3 is 5.97 Å². The second kappa shape index (κ2) is 8.02. The van der Waals surface area contributed by atoms with Gasteiger partial charge in [0.15, 0.2) is 6.10 Å². The maximum Gasteiger partial charge on any atom is 0.328 e. The van der Waals surface area contributed by atoms with Crippen molar-refractivity contribution in [2.45, 2.75) is 25.5 Å². The lowest BCUT2D eigenvalue weighted by Gasteiger charge is -2.22. The Morgan fingerprint density at radius 2 is 2.00 bits per heavy atom. The predicted molar refractivity (Wildman–Crippen MR) is 74.7 cm³/mol. The zero-order valence-electron chi connectivity index (χ0n) is 11.9. The maximum atomic E-state index is 12.0. The van der Waals surface area contributed by atoms with Gasteiger partial charge in [0.2, 0.25) is 0 Å². The minimum Gasteiger partial charge on any atom is -0.467 e. The number of nitrogens with one attached hydrogen (secondary N) is 1. The van der Waals surface area contributed by atoms with Gasteiger partial charge in [-0.1, -0.05) is 37.3 Å². The minimum absolute atomic E-state index is 0.0848. The number of aliphatic hydroxyl groups excluding tert-OH is 1. The molecule has 0 saturated carbocycles. The standard InChI is InChI=1S/C15H18N2O4/c1-10(8-9-16)12(15(20)21-2)17-14(19)13(18)11-6-4-3-5-7-11/h3-7,10,12-13,18H,8H2,1-2H3,(H,17,19)/t10-,12-,13-/m0/s1. The second-order valence-electron chi connectivity index (χ2n) is 4.66. The van der Waals surface area contributed by atoms with Crippen molar-refractivity contribution in [2.75, 3.05) is 7.11 Å². The summed E-state index contributed by atoms with van der Waals surface area (Å²) >= 11 is 0. The van der Waals surface area contributed by atoms with Gasteiger partial charge in [-0.15, -0.1) is 0 Å². The molecule has 0 aromatic heterocycles. The number of carbonyl (C=O) groups is 2. The highest BCUT2D eigenvalue weighted by atomic mass is 16.5. The number of hydrogen-bond donors (Lipinski definition) is 2. The van der Waals surface area contributed by atoms with Crippen molar-refractivity contribution in [3.05, 3.63) is 35.9 Å². The molecule has 0 aliphatic heterocycles. The highest BCUT2D eigenvalue weighted by Gasteiger charge is 2.30. The van der Waals surface area contributed by atoms with Crippen LogP contribution >= 0.6 is 0 Å². The molecule has 0 spiro atoms. The number of carbonyl (C=O) groups excluding carboxylic acids is 2. The molecule has 6 heteroatoms. The third-order valence-electron chi connectivity index (χ3n) is 3.10. The number of benzene rings is 1. The van der Waals surface area contributed by atoms with E-state index in [0.717, 1.165) is 0 Å². The Balaban J connectivity index is 2.81. The summed E-state index contributed by atoms with van der Waals surface area (Å²) in [6.45, 7) is 1.65. The fourth-order valence-corrected chi connectivity index (χ4v) is 1.84. The summed E-state index contributed by atoms with van der Waals surface area (Å²) in [4.78, 5) is 23.7. The van der Waals surface area contributed by atoms with E-state index in [1.165, 1.54) is 7.11 Å². The van der Waals surface area contributed by atoms with Gasteiger partial charge < -0.3 is 15.2 Å². The average Bonchev–Trinajstić information content (AvgIpc) is 2.51. The summed E-state index contributed by atoms with van der Waals surface area (Å²) in [5, 5.41) is 21.1. The highest BCUT2D eigenvalue weighted by molar-refractivity contribution is 5.87. The van der Waals surface area contributed by atoms with Gasteiger partial charge in [0.1, 0.15) is 6.04 Å². The first-order valence-electron chi connectivity index (χ1n) is 6.49. The molecule has 0 aliphatic carbocycles. The molecule has 0 fully saturated rings. The molecule has 1 rings (SSSR count). The van der Waals surface area contributed by atoms with Crippen LogP contribution in [0.15, 0.2) is 30.3 Å². The summed E-state index contributed by atoms with van der Waals surface area (Å²) in [5.41, 5.74) is 0.423. The van der Waals surface area contributed by atoms with Gasteiger partial charge in [-0.2, -0.15) is 5.26 Å². The Morgan fingerprint density at radius 1 is 1.38 bits per heavy atom. The number of aliphatic hydroxyl groups is 1. The van der Waals surface area contributed by atoms with Gasteiger partial charge in [-0.25, -0.2) is 4.79 Å². The molecule has 0 bridgehead atoms. The van der Waals surface area contributed by atoms with Crippen LogP contribution in [-0.2, 0) is 14.3 Å². The predicted octanol–water partition coefficient (Wildman–Crippen LogP) is 0.928. The SMILES string of the molecule is COC(=O)[C@@H](NC(=O)[C@@H](O)c1ccccc1)[C@@H](C)CC#N. The summed E-state index contributed by atoms with van der Waals surface area (Å²) in [5.74, 6) is -1.78. The van der Waals surface area contributed by atoms with Crippen LogP contribution in [0.25, 0.3) is 0 Å². The number of esters is 1. The lowest BCUT2D eigenvalue weighted by atomic mass is 9.98. The smallest absolute Gasteiger partial charge is 0.328 e. The van der Waals surface area contributed by atoms with Crippen LogP contribution in [0, 0.1) is 17.2 Å². The Kier molecular flexibility index (Phi) is 6.37. The highest BCUT2D eigenvalue weighted by Crippen LogP contribution is 2.15. The average molecular weight is 290 g/mol. The molecule has 6 nitrogen and oxygen atoms in total. The van der Waals surface area contributed by atoms with Gasteiger partial charge in [-0.05, 0) is 5.56 Å². The normalized spacial score (nSPS) is 14.4. The summed E-state index contributed by atoms with van der Waals surface area (Å²) in [6, 6.07) is 9.34. The first kappa shape index (κ1) is 16.7. The molecule has 1 aromatic rings. The molecular weight excluding hydrogens is 272 g/mol. The molecule has 1 amide bonds. The molecule has 0 aliphatic rings. The molecule has 0 heterocycles. The van der Waals surface area contributed by atoms with Crippen molar-refractivity contribution in [1.29, 1.82) is 5.26 Å². The van der Waals surface area contributed by atoms with Crippen LogP contribution in [0.5, 0.6) is 0 Å². The second-order valence-corrected chi connectivity index (χ2v) is 4.66. The minimum atomic E-state index is -1.38. The Hall–Kier alpha value is -2.39. The topological polar surface area (TPSA) is 99.4 Å².